The van der Waals surface area contributed by atoms with Crippen LogP contribution in [0.4, 0.5) is 0 Å². The smallest absolute Gasteiger partial charge is 0.317 e. The molecule has 15 heavy (non-hydrogen) atoms. The van der Waals surface area contributed by atoms with Crippen LogP contribution < -0.4 is 0 Å². The summed E-state index contributed by atoms with van der Waals surface area (Å²) >= 11 is 1.83. The summed E-state index contributed by atoms with van der Waals surface area (Å²) in [6.45, 7) is -0.358. The van der Waals surface area contributed by atoms with Gasteiger partial charge in [0.15, 0.2) is 0 Å². The lowest BCUT2D eigenvalue weighted by Gasteiger charge is -2.31. The molecule has 2 N–H and O–H groups in total. The third-order valence-corrected chi connectivity index (χ3v) is 3.43. The van der Waals surface area contributed by atoms with Crippen molar-refractivity contribution in [2.24, 2.45) is 0 Å². The van der Waals surface area contributed by atoms with Crippen LogP contribution in [0.25, 0.3) is 0 Å². The number of rotatable bonds is 5. The second-order valence-electron chi connectivity index (χ2n) is 3.54. The minimum atomic E-state index is -0.963. The van der Waals surface area contributed by atoms with Crippen molar-refractivity contribution in [3.8, 4) is 0 Å². The Morgan fingerprint density at radius 3 is 2.00 bits per heavy atom. The van der Waals surface area contributed by atoms with Crippen molar-refractivity contribution in [2.45, 2.75) is 18.9 Å². The topological polar surface area (TPSA) is 77.8 Å². The van der Waals surface area contributed by atoms with E-state index in [2.05, 4.69) is 0 Å². The van der Waals surface area contributed by atoms with Gasteiger partial charge < -0.3 is 10.2 Å². The number of hydrogen-bond donors (Lipinski definition) is 2. The molecule has 0 radical (unpaired) electrons. The van der Waals surface area contributed by atoms with Gasteiger partial charge in [0.2, 0.25) is 0 Å². The standard InChI is InChI=1S/C9H15NO4S/c11-8(12)5-10(6-9(13)14)7-1-3-15-4-2-7/h7H,1-6H2,(H,11,12)(H,13,14). The van der Waals surface area contributed by atoms with Gasteiger partial charge in [0, 0.05) is 6.04 Å². The minimum absolute atomic E-state index is 0.110. The van der Waals surface area contributed by atoms with Crippen molar-refractivity contribution in [1.29, 1.82) is 0 Å². The quantitative estimate of drug-likeness (QED) is 0.713. The Balaban J connectivity index is 2.52. The third-order valence-electron chi connectivity index (χ3n) is 2.38. The lowest BCUT2D eigenvalue weighted by atomic mass is 10.1. The molecule has 1 heterocycles. The predicted molar refractivity (Wildman–Crippen MR) is 57.2 cm³/mol. The maximum absolute atomic E-state index is 10.6. The van der Waals surface area contributed by atoms with E-state index in [1.165, 1.54) is 0 Å². The average molecular weight is 233 g/mol. The summed E-state index contributed by atoms with van der Waals surface area (Å²) < 4.78 is 0. The van der Waals surface area contributed by atoms with E-state index in [0.717, 1.165) is 24.3 Å². The van der Waals surface area contributed by atoms with Crippen molar-refractivity contribution in [2.75, 3.05) is 24.6 Å². The molecule has 1 rings (SSSR count). The summed E-state index contributed by atoms with van der Waals surface area (Å²) in [5.41, 5.74) is 0. The normalized spacial score (nSPS) is 17.9. The van der Waals surface area contributed by atoms with Gasteiger partial charge in [-0.3, -0.25) is 14.5 Å². The van der Waals surface area contributed by atoms with Gasteiger partial charge in [-0.1, -0.05) is 0 Å². The van der Waals surface area contributed by atoms with E-state index in [4.69, 9.17) is 10.2 Å². The Morgan fingerprint density at radius 2 is 1.60 bits per heavy atom. The minimum Gasteiger partial charge on any atom is -0.480 e. The monoisotopic (exact) mass is 233 g/mol. The molecule has 1 aliphatic rings. The highest BCUT2D eigenvalue weighted by molar-refractivity contribution is 7.99. The fraction of sp³-hybridized carbons (Fsp3) is 0.778. The molecule has 1 fully saturated rings. The number of carboxylic acid groups (broad SMARTS) is 2. The highest BCUT2D eigenvalue weighted by atomic mass is 32.2. The van der Waals surface area contributed by atoms with Crippen LogP contribution in [0.1, 0.15) is 12.8 Å². The first-order valence-corrected chi connectivity index (χ1v) is 6.00. The van der Waals surface area contributed by atoms with Crippen molar-refractivity contribution in [1.82, 2.24) is 4.90 Å². The van der Waals surface area contributed by atoms with Crippen LogP contribution in [0.3, 0.4) is 0 Å². The zero-order valence-electron chi connectivity index (χ0n) is 8.39. The number of hydrogen-bond acceptors (Lipinski definition) is 4. The van der Waals surface area contributed by atoms with Gasteiger partial charge in [-0.25, -0.2) is 0 Å². The number of aliphatic carboxylic acids is 2. The van der Waals surface area contributed by atoms with Gasteiger partial charge >= 0.3 is 11.9 Å². The van der Waals surface area contributed by atoms with E-state index < -0.39 is 11.9 Å². The molecule has 5 nitrogen and oxygen atoms in total. The van der Waals surface area contributed by atoms with Crippen LogP contribution in [0, 0.1) is 0 Å². The van der Waals surface area contributed by atoms with Crippen LogP contribution >= 0.6 is 11.8 Å². The molecular weight excluding hydrogens is 218 g/mol. The molecule has 0 bridgehead atoms. The van der Waals surface area contributed by atoms with E-state index >= 15 is 0 Å². The number of carboxylic acids is 2. The molecular formula is C9H15NO4S. The Hall–Kier alpha value is -0.750. The summed E-state index contributed by atoms with van der Waals surface area (Å²) in [6.07, 6.45) is 1.76. The zero-order valence-corrected chi connectivity index (χ0v) is 9.20. The maximum atomic E-state index is 10.6. The SMILES string of the molecule is O=C(O)CN(CC(=O)O)C1CCSCC1. The van der Waals surface area contributed by atoms with E-state index in [0.29, 0.717) is 0 Å². The number of nitrogens with zero attached hydrogens (tertiary/aromatic N) is 1. The van der Waals surface area contributed by atoms with Crippen LogP contribution in [-0.2, 0) is 9.59 Å². The molecule has 86 valence electrons. The highest BCUT2D eigenvalue weighted by Gasteiger charge is 2.24. The molecule has 0 aliphatic carbocycles. The Morgan fingerprint density at radius 1 is 1.13 bits per heavy atom. The average Bonchev–Trinajstić information content (AvgIpc) is 2.17. The van der Waals surface area contributed by atoms with E-state index in [9.17, 15) is 9.59 Å². The Kier molecular flexibility index (Phi) is 4.90. The predicted octanol–water partition coefficient (Wildman–Crippen LogP) is 0.353. The lowest BCUT2D eigenvalue weighted by molar-refractivity contribution is -0.142. The summed E-state index contributed by atoms with van der Waals surface area (Å²) in [7, 11) is 0. The van der Waals surface area contributed by atoms with E-state index in [1.54, 1.807) is 4.90 Å². The second-order valence-corrected chi connectivity index (χ2v) is 4.76. The number of thioether (sulfide) groups is 1. The van der Waals surface area contributed by atoms with Crippen molar-refractivity contribution in [3.05, 3.63) is 0 Å². The van der Waals surface area contributed by atoms with Crippen molar-refractivity contribution < 1.29 is 19.8 Å². The number of carbonyl (C=O) groups is 2. The third kappa shape index (κ3) is 4.53. The molecule has 0 unspecified atom stereocenters. The Labute approximate surface area is 92.4 Å². The summed E-state index contributed by atoms with van der Waals surface area (Å²) in [4.78, 5) is 22.7. The lowest BCUT2D eigenvalue weighted by Crippen LogP contribution is -2.43. The fourth-order valence-corrected chi connectivity index (χ4v) is 2.79. The molecule has 1 aliphatic heterocycles. The maximum Gasteiger partial charge on any atom is 0.317 e. The van der Waals surface area contributed by atoms with E-state index in [1.807, 2.05) is 11.8 Å². The van der Waals surface area contributed by atoms with Gasteiger partial charge in [-0.15, -0.1) is 0 Å². The van der Waals surface area contributed by atoms with Crippen LogP contribution in [0.5, 0.6) is 0 Å². The summed E-state index contributed by atoms with van der Waals surface area (Å²) in [6, 6.07) is 0.110. The molecule has 0 atom stereocenters. The highest BCUT2D eigenvalue weighted by Crippen LogP contribution is 2.21. The Bertz CT molecular complexity index is 224. The summed E-state index contributed by atoms with van der Waals surface area (Å²) in [5.74, 6) is 0.0461. The molecule has 6 heteroatoms. The fourth-order valence-electron chi connectivity index (χ4n) is 1.71. The van der Waals surface area contributed by atoms with Crippen LogP contribution in [0.15, 0.2) is 0 Å². The van der Waals surface area contributed by atoms with Crippen LogP contribution in [-0.4, -0.2) is 57.7 Å². The first-order valence-electron chi connectivity index (χ1n) is 4.85. The van der Waals surface area contributed by atoms with Gasteiger partial charge in [-0.2, -0.15) is 11.8 Å². The second kappa shape index (κ2) is 5.97. The van der Waals surface area contributed by atoms with Gasteiger partial charge in [0.1, 0.15) is 0 Å². The van der Waals surface area contributed by atoms with Crippen LogP contribution in [0.2, 0.25) is 0 Å². The molecule has 0 aromatic rings. The largest absolute Gasteiger partial charge is 0.480 e. The van der Waals surface area contributed by atoms with Crippen molar-refractivity contribution >= 4 is 23.7 Å². The first-order chi connectivity index (χ1) is 7.09. The zero-order chi connectivity index (χ0) is 11.3. The molecule has 0 amide bonds. The molecule has 0 spiro atoms. The molecule has 0 aromatic heterocycles. The van der Waals surface area contributed by atoms with E-state index in [-0.39, 0.29) is 19.1 Å². The molecule has 0 aromatic carbocycles. The van der Waals surface area contributed by atoms with Gasteiger partial charge in [0.25, 0.3) is 0 Å². The first kappa shape index (κ1) is 12.3. The molecule has 1 saturated heterocycles. The molecule has 0 saturated carbocycles. The van der Waals surface area contributed by atoms with Crippen molar-refractivity contribution in [3.63, 3.8) is 0 Å². The summed E-state index contributed by atoms with van der Waals surface area (Å²) in [5, 5.41) is 17.4. The van der Waals surface area contributed by atoms with Gasteiger partial charge in [-0.05, 0) is 24.3 Å². The van der Waals surface area contributed by atoms with Gasteiger partial charge in [0.05, 0.1) is 13.1 Å².